The van der Waals surface area contributed by atoms with Crippen LogP contribution in [0.2, 0.25) is 0 Å². The molecule has 0 bridgehead atoms. The summed E-state index contributed by atoms with van der Waals surface area (Å²) in [4.78, 5) is 11.9. The Bertz CT molecular complexity index is 432. The van der Waals surface area contributed by atoms with Crippen LogP contribution in [-0.2, 0) is 0 Å². The van der Waals surface area contributed by atoms with E-state index in [0.717, 1.165) is 21.7 Å². The fourth-order valence-corrected chi connectivity index (χ4v) is 2.45. The number of nitrogens with one attached hydrogen (secondary N) is 1. The van der Waals surface area contributed by atoms with Crippen molar-refractivity contribution in [1.82, 2.24) is 5.32 Å². The van der Waals surface area contributed by atoms with Crippen LogP contribution in [0, 0.1) is 3.57 Å². The number of hydrogen-bond donors (Lipinski definition) is 2. The zero-order valence-electron chi connectivity index (χ0n) is 8.46. The predicted octanol–water partition coefficient (Wildman–Crippen LogP) is 2.65. The first-order valence-electron chi connectivity index (χ1n) is 4.93. The number of phenolic OH excluding ortho intramolecular Hbond substituents is 1. The largest absolute Gasteiger partial charge is 0.507 e. The van der Waals surface area contributed by atoms with E-state index < -0.39 is 0 Å². The fraction of sp³-hybridized carbons (Fsp3) is 0.364. The van der Waals surface area contributed by atoms with E-state index in [1.165, 1.54) is 6.07 Å². The Balaban J connectivity index is 2.12. The van der Waals surface area contributed by atoms with Gasteiger partial charge in [0, 0.05) is 10.9 Å². The molecule has 16 heavy (non-hydrogen) atoms. The number of hydrogen-bond acceptors (Lipinski definition) is 2. The molecular weight excluding hydrogens is 385 g/mol. The third-order valence-electron chi connectivity index (χ3n) is 2.70. The topological polar surface area (TPSA) is 49.3 Å². The lowest BCUT2D eigenvalue weighted by Crippen LogP contribution is -2.38. The number of alkyl halides is 1. The van der Waals surface area contributed by atoms with Gasteiger partial charge in [-0.15, -0.1) is 0 Å². The van der Waals surface area contributed by atoms with E-state index in [1.54, 1.807) is 12.1 Å². The summed E-state index contributed by atoms with van der Waals surface area (Å²) < 4.78 is 0.746. The van der Waals surface area contributed by atoms with Gasteiger partial charge in [0.25, 0.3) is 5.91 Å². The molecule has 2 rings (SSSR count). The van der Waals surface area contributed by atoms with Crippen LogP contribution in [0.15, 0.2) is 18.2 Å². The molecule has 1 saturated carbocycles. The van der Waals surface area contributed by atoms with Crippen LogP contribution in [-0.4, -0.2) is 21.9 Å². The first-order valence-corrected chi connectivity index (χ1v) is 7.13. The Hall–Kier alpha value is -0.300. The van der Waals surface area contributed by atoms with Gasteiger partial charge in [-0.2, -0.15) is 0 Å². The summed E-state index contributed by atoms with van der Waals surface area (Å²) in [7, 11) is 0. The smallest absolute Gasteiger partial charge is 0.251 e. The molecule has 0 unspecified atom stereocenters. The van der Waals surface area contributed by atoms with Gasteiger partial charge in [-0.05, 0) is 53.6 Å². The van der Waals surface area contributed by atoms with Gasteiger partial charge in [-0.1, -0.05) is 15.9 Å². The molecule has 0 spiro atoms. The van der Waals surface area contributed by atoms with E-state index in [1.807, 2.05) is 22.6 Å². The van der Waals surface area contributed by atoms with Crippen molar-refractivity contribution in [3.05, 3.63) is 27.3 Å². The zero-order chi connectivity index (χ0) is 11.8. The third kappa shape index (κ3) is 2.51. The van der Waals surface area contributed by atoms with Gasteiger partial charge in [-0.3, -0.25) is 4.79 Å². The van der Waals surface area contributed by atoms with E-state index >= 15 is 0 Å². The second-order valence-electron chi connectivity index (χ2n) is 4.03. The van der Waals surface area contributed by atoms with Crippen LogP contribution in [0.5, 0.6) is 5.75 Å². The Kier molecular flexibility index (Phi) is 3.44. The molecule has 0 saturated heterocycles. The van der Waals surface area contributed by atoms with Gasteiger partial charge in [0.05, 0.1) is 9.11 Å². The number of carbonyl (C=O) groups is 1. The SMILES string of the molecule is O=C(NC1(CBr)CC1)c1ccc(I)c(O)c1. The Morgan fingerprint density at radius 2 is 2.25 bits per heavy atom. The lowest BCUT2D eigenvalue weighted by Gasteiger charge is -2.14. The van der Waals surface area contributed by atoms with Gasteiger partial charge in [0.15, 0.2) is 0 Å². The number of phenols is 1. The summed E-state index contributed by atoms with van der Waals surface area (Å²) in [5.74, 6) is 0.0283. The Morgan fingerprint density at radius 3 is 2.75 bits per heavy atom. The molecule has 0 heterocycles. The number of benzene rings is 1. The normalized spacial score (nSPS) is 16.9. The summed E-state index contributed by atoms with van der Waals surface area (Å²) in [5, 5.41) is 13.3. The third-order valence-corrected chi connectivity index (χ3v) is 4.68. The van der Waals surface area contributed by atoms with Crippen molar-refractivity contribution in [2.75, 3.05) is 5.33 Å². The van der Waals surface area contributed by atoms with Crippen LogP contribution in [0.1, 0.15) is 23.2 Å². The van der Waals surface area contributed by atoms with E-state index in [2.05, 4.69) is 21.2 Å². The molecular formula is C11H11BrINO2. The highest BCUT2D eigenvalue weighted by atomic mass is 127. The van der Waals surface area contributed by atoms with Gasteiger partial charge in [0.1, 0.15) is 5.75 Å². The zero-order valence-corrected chi connectivity index (χ0v) is 12.2. The molecule has 1 fully saturated rings. The molecule has 1 aromatic carbocycles. The highest BCUT2D eigenvalue weighted by Gasteiger charge is 2.42. The molecule has 3 nitrogen and oxygen atoms in total. The molecule has 0 atom stereocenters. The van der Waals surface area contributed by atoms with Crippen molar-refractivity contribution in [1.29, 1.82) is 0 Å². The van der Waals surface area contributed by atoms with Crippen LogP contribution >= 0.6 is 38.5 Å². The molecule has 1 amide bonds. The monoisotopic (exact) mass is 395 g/mol. The van der Waals surface area contributed by atoms with Crippen LogP contribution in [0.25, 0.3) is 0 Å². The second kappa shape index (κ2) is 4.52. The number of amides is 1. The van der Waals surface area contributed by atoms with Crippen molar-refractivity contribution in [2.45, 2.75) is 18.4 Å². The van der Waals surface area contributed by atoms with Gasteiger partial charge >= 0.3 is 0 Å². The maximum atomic E-state index is 11.9. The molecule has 2 N–H and O–H groups in total. The van der Waals surface area contributed by atoms with E-state index in [0.29, 0.717) is 5.56 Å². The molecule has 86 valence electrons. The predicted molar refractivity (Wildman–Crippen MR) is 74.0 cm³/mol. The minimum absolute atomic E-state index is 0.0598. The highest BCUT2D eigenvalue weighted by Crippen LogP contribution is 2.37. The lowest BCUT2D eigenvalue weighted by atomic mass is 10.2. The average Bonchev–Trinajstić information content (AvgIpc) is 3.02. The molecule has 0 radical (unpaired) electrons. The van der Waals surface area contributed by atoms with Crippen molar-refractivity contribution in [2.24, 2.45) is 0 Å². The minimum Gasteiger partial charge on any atom is -0.507 e. The van der Waals surface area contributed by atoms with E-state index in [4.69, 9.17) is 0 Å². The highest BCUT2D eigenvalue weighted by molar-refractivity contribution is 14.1. The molecule has 1 aliphatic carbocycles. The molecule has 0 aromatic heterocycles. The van der Waals surface area contributed by atoms with E-state index in [-0.39, 0.29) is 17.2 Å². The van der Waals surface area contributed by atoms with Gasteiger partial charge in [0.2, 0.25) is 0 Å². The molecule has 1 aromatic rings. The molecule has 0 aliphatic heterocycles. The number of rotatable bonds is 3. The summed E-state index contributed by atoms with van der Waals surface area (Å²) in [6, 6.07) is 4.96. The number of aromatic hydroxyl groups is 1. The number of halogens is 2. The average molecular weight is 396 g/mol. The first kappa shape index (κ1) is 12.2. The number of carbonyl (C=O) groups excluding carboxylic acids is 1. The quantitative estimate of drug-likeness (QED) is 0.610. The Morgan fingerprint density at radius 1 is 1.56 bits per heavy atom. The second-order valence-corrected chi connectivity index (χ2v) is 5.76. The fourth-order valence-electron chi connectivity index (χ4n) is 1.41. The minimum atomic E-state index is -0.122. The Labute approximate surface area is 116 Å². The lowest BCUT2D eigenvalue weighted by molar-refractivity contribution is 0.0936. The van der Waals surface area contributed by atoms with Crippen molar-refractivity contribution < 1.29 is 9.90 Å². The van der Waals surface area contributed by atoms with Gasteiger partial charge in [-0.25, -0.2) is 0 Å². The van der Waals surface area contributed by atoms with Crippen molar-refractivity contribution >= 4 is 44.4 Å². The molecule has 1 aliphatic rings. The van der Waals surface area contributed by atoms with Crippen molar-refractivity contribution in [3.8, 4) is 5.75 Å². The molecule has 5 heteroatoms. The van der Waals surface area contributed by atoms with Crippen LogP contribution < -0.4 is 5.32 Å². The van der Waals surface area contributed by atoms with Crippen LogP contribution in [0.4, 0.5) is 0 Å². The van der Waals surface area contributed by atoms with E-state index in [9.17, 15) is 9.90 Å². The maximum absolute atomic E-state index is 11.9. The van der Waals surface area contributed by atoms with Crippen molar-refractivity contribution in [3.63, 3.8) is 0 Å². The summed E-state index contributed by atoms with van der Waals surface area (Å²) >= 11 is 5.42. The van der Waals surface area contributed by atoms with Gasteiger partial charge < -0.3 is 10.4 Å². The standard InChI is InChI=1S/C11H11BrINO2/c12-6-11(3-4-11)14-10(16)7-1-2-8(13)9(15)5-7/h1-2,5,15H,3-4,6H2,(H,14,16). The maximum Gasteiger partial charge on any atom is 0.251 e. The summed E-state index contributed by atoms with van der Waals surface area (Å²) in [5.41, 5.74) is 0.445. The summed E-state index contributed by atoms with van der Waals surface area (Å²) in [6.07, 6.45) is 2.03. The first-order chi connectivity index (χ1) is 7.56. The summed E-state index contributed by atoms with van der Waals surface area (Å²) in [6.45, 7) is 0. The van der Waals surface area contributed by atoms with Crippen LogP contribution in [0.3, 0.4) is 0 Å².